The van der Waals surface area contributed by atoms with Crippen LogP contribution in [0.1, 0.15) is 239 Å². The summed E-state index contributed by atoms with van der Waals surface area (Å²) in [5.41, 5.74) is 0. The molecule has 0 aliphatic carbocycles. The summed E-state index contributed by atoms with van der Waals surface area (Å²) < 4.78 is 5.81. The summed E-state index contributed by atoms with van der Waals surface area (Å²) in [6.45, 7) is 6.32. The molecule has 0 aromatic carbocycles. The second kappa shape index (κ2) is 48.3. The van der Waals surface area contributed by atoms with Gasteiger partial charge in [-0.15, -0.1) is 0 Å². The van der Waals surface area contributed by atoms with Crippen LogP contribution in [0.3, 0.4) is 0 Å². The number of hydrogen-bond donors (Lipinski definition) is 3. The fourth-order valence-corrected chi connectivity index (χ4v) is 7.39. The zero-order valence-electron chi connectivity index (χ0n) is 40.0. The van der Waals surface area contributed by atoms with Crippen molar-refractivity contribution in [1.82, 2.24) is 5.32 Å². The molecule has 6 heteroatoms. The summed E-state index contributed by atoms with van der Waals surface area (Å²) in [7, 11) is 0. The number of allylic oxidation sites excluding steroid dienone is 11. The summed E-state index contributed by atoms with van der Waals surface area (Å²) >= 11 is 0. The molecule has 0 radical (unpaired) electrons. The molecule has 0 aliphatic heterocycles. The van der Waals surface area contributed by atoms with Gasteiger partial charge in [-0.05, 0) is 76.7 Å². The number of amides is 1. The quantitative estimate of drug-likeness (QED) is 0.0322. The molecule has 0 heterocycles. The van der Waals surface area contributed by atoms with E-state index in [2.05, 4.69) is 86.8 Å². The summed E-state index contributed by atoms with van der Waals surface area (Å²) in [6.07, 6.45) is 61.3. The molecule has 1 amide bonds. The maximum atomic E-state index is 13.2. The lowest BCUT2D eigenvalue weighted by Gasteiger charge is -2.23. The molecule has 0 aromatic rings. The Balaban J connectivity index is 4.74. The highest BCUT2D eigenvalue weighted by atomic mass is 16.5. The molecule has 0 spiro atoms. The third kappa shape index (κ3) is 43.7. The van der Waals surface area contributed by atoms with Crippen LogP contribution >= 0.6 is 0 Å². The van der Waals surface area contributed by atoms with Crippen molar-refractivity contribution in [1.29, 1.82) is 0 Å². The summed E-state index contributed by atoms with van der Waals surface area (Å²) in [4.78, 5) is 26.0. The lowest BCUT2D eigenvalue weighted by molar-refractivity contribution is -0.148. The fraction of sp³-hybridized carbons (Fsp3) is 0.745. The van der Waals surface area contributed by atoms with Gasteiger partial charge >= 0.3 is 5.97 Å². The van der Waals surface area contributed by atoms with Crippen molar-refractivity contribution in [3.8, 4) is 0 Å². The number of carbonyl (C=O) groups is 2. The van der Waals surface area contributed by atoms with Crippen LogP contribution < -0.4 is 5.32 Å². The highest BCUT2D eigenvalue weighted by Gasteiger charge is 2.23. The first kappa shape index (κ1) is 58.3. The standard InChI is InChI=1S/C55H97NO5/c1-4-7-10-13-16-19-22-25-28-31-34-37-40-43-46-51(61-55(60)48-45-42-39-36-33-30-27-24-21-18-15-12-9-6-3)49-54(59)56-52(50-57)53(58)47-44-41-38-35-32-29-26-23-20-17-14-11-8-5-2/h7,10,16,19,25,28,30,33-34,37,43,46,51-53,57-58H,4-6,8-9,11-15,17-18,20-24,26-27,29,31-32,35-36,38-42,44-45,47-50H2,1-3H3,(H,56,59)/b10-7+,19-16+,28-25+,33-30-,37-34+,46-43+. The van der Waals surface area contributed by atoms with Gasteiger partial charge in [0.05, 0.1) is 25.2 Å². The molecule has 0 rings (SSSR count). The van der Waals surface area contributed by atoms with E-state index in [-0.39, 0.29) is 24.9 Å². The van der Waals surface area contributed by atoms with Crippen molar-refractivity contribution in [2.24, 2.45) is 0 Å². The van der Waals surface area contributed by atoms with Crippen LogP contribution in [-0.4, -0.2) is 46.9 Å². The van der Waals surface area contributed by atoms with Gasteiger partial charge in [0, 0.05) is 6.42 Å². The molecule has 0 saturated heterocycles. The molecule has 0 bridgehead atoms. The van der Waals surface area contributed by atoms with Crippen molar-refractivity contribution in [2.75, 3.05) is 6.61 Å². The molecule has 0 fully saturated rings. The Morgan fingerprint density at radius 1 is 0.508 bits per heavy atom. The normalized spacial score (nSPS) is 13.9. The topological polar surface area (TPSA) is 95.9 Å². The van der Waals surface area contributed by atoms with Gasteiger partial charge in [-0.25, -0.2) is 0 Å². The van der Waals surface area contributed by atoms with E-state index in [4.69, 9.17) is 4.74 Å². The second-order valence-electron chi connectivity index (χ2n) is 17.2. The molecule has 3 unspecified atom stereocenters. The Morgan fingerprint density at radius 2 is 0.918 bits per heavy atom. The Kier molecular flexibility index (Phi) is 46.2. The van der Waals surface area contributed by atoms with Gasteiger partial charge in [0.25, 0.3) is 0 Å². The number of ether oxygens (including phenoxy) is 1. The Labute approximate surface area is 377 Å². The van der Waals surface area contributed by atoms with Gasteiger partial charge in [0.15, 0.2) is 0 Å². The molecule has 61 heavy (non-hydrogen) atoms. The number of rotatable bonds is 45. The van der Waals surface area contributed by atoms with Crippen molar-refractivity contribution in [2.45, 2.75) is 257 Å². The lowest BCUT2D eigenvalue weighted by Crippen LogP contribution is -2.46. The predicted octanol–water partition coefficient (Wildman–Crippen LogP) is 15.4. The molecule has 6 nitrogen and oxygen atoms in total. The monoisotopic (exact) mass is 852 g/mol. The van der Waals surface area contributed by atoms with Crippen LogP contribution in [0, 0.1) is 0 Å². The van der Waals surface area contributed by atoms with E-state index < -0.39 is 18.2 Å². The van der Waals surface area contributed by atoms with E-state index in [0.717, 1.165) is 77.0 Å². The van der Waals surface area contributed by atoms with E-state index >= 15 is 0 Å². The van der Waals surface area contributed by atoms with Crippen molar-refractivity contribution < 1.29 is 24.5 Å². The summed E-state index contributed by atoms with van der Waals surface area (Å²) in [6, 6.07) is -0.747. The fourth-order valence-electron chi connectivity index (χ4n) is 7.39. The van der Waals surface area contributed by atoms with Gasteiger partial charge in [-0.3, -0.25) is 9.59 Å². The van der Waals surface area contributed by atoms with Gasteiger partial charge in [-0.2, -0.15) is 0 Å². The molecular formula is C55H97NO5. The minimum atomic E-state index is -0.823. The first-order chi connectivity index (χ1) is 30.0. The number of unbranched alkanes of at least 4 members (excludes halogenated alkanes) is 23. The summed E-state index contributed by atoms with van der Waals surface area (Å²) in [5, 5.41) is 23.7. The van der Waals surface area contributed by atoms with Crippen LogP contribution in [-0.2, 0) is 14.3 Å². The molecule has 0 aromatic heterocycles. The molecule has 352 valence electrons. The van der Waals surface area contributed by atoms with E-state index in [9.17, 15) is 19.8 Å². The van der Waals surface area contributed by atoms with Crippen LogP contribution in [0.2, 0.25) is 0 Å². The van der Waals surface area contributed by atoms with Crippen LogP contribution in [0.4, 0.5) is 0 Å². The number of aliphatic hydroxyl groups excluding tert-OH is 2. The number of aliphatic hydroxyl groups is 2. The third-order valence-electron chi connectivity index (χ3n) is 11.3. The number of nitrogens with one attached hydrogen (secondary N) is 1. The Hall–Kier alpha value is -2.70. The van der Waals surface area contributed by atoms with Gasteiger partial charge in [-0.1, -0.05) is 222 Å². The van der Waals surface area contributed by atoms with E-state index in [1.54, 1.807) is 6.08 Å². The van der Waals surface area contributed by atoms with Crippen LogP contribution in [0.25, 0.3) is 0 Å². The molecule has 0 aliphatic rings. The smallest absolute Gasteiger partial charge is 0.306 e. The molecule has 3 N–H and O–H groups in total. The minimum absolute atomic E-state index is 0.0535. The third-order valence-corrected chi connectivity index (χ3v) is 11.3. The first-order valence-corrected chi connectivity index (χ1v) is 25.7. The van der Waals surface area contributed by atoms with Gasteiger partial charge in [0.1, 0.15) is 6.10 Å². The highest BCUT2D eigenvalue weighted by molar-refractivity contribution is 5.78. The van der Waals surface area contributed by atoms with Crippen LogP contribution in [0.5, 0.6) is 0 Å². The van der Waals surface area contributed by atoms with Crippen molar-refractivity contribution in [3.05, 3.63) is 72.9 Å². The highest BCUT2D eigenvalue weighted by Crippen LogP contribution is 2.16. The zero-order valence-corrected chi connectivity index (χ0v) is 40.0. The molecular weight excluding hydrogens is 755 g/mol. The minimum Gasteiger partial charge on any atom is -0.458 e. The number of hydrogen-bond acceptors (Lipinski definition) is 5. The molecule has 0 saturated carbocycles. The second-order valence-corrected chi connectivity index (χ2v) is 17.2. The van der Waals surface area contributed by atoms with E-state index in [1.165, 1.54) is 116 Å². The lowest BCUT2D eigenvalue weighted by atomic mass is 10.0. The average Bonchev–Trinajstić information content (AvgIpc) is 3.25. The first-order valence-electron chi connectivity index (χ1n) is 25.7. The van der Waals surface area contributed by atoms with Crippen LogP contribution in [0.15, 0.2) is 72.9 Å². The van der Waals surface area contributed by atoms with Gasteiger partial charge in [0.2, 0.25) is 5.91 Å². The largest absolute Gasteiger partial charge is 0.458 e. The maximum Gasteiger partial charge on any atom is 0.306 e. The predicted molar refractivity (Wildman–Crippen MR) is 264 cm³/mol. The molecule has 3 atom stereocenters. The van der Waals surface area contributed by atoms with Gasteiger partial charge < -0.3 is 20.3 Å². The number of carbonyl (C=O) groups excluding carboxylic acids is 2. The average molecular weight is 852 g/mol. The Bertz CT molecular complexity index is 1140. The maximum absolute atomic E-state index is 13.2. The number of esters is 1. The van der Waals surface area contributed by atoms with E-state index in [0.29, 0.717) is 19.3 Å². The van der Waals surface area contributed by atoms with E-state index in [1.807, 2.05) is 6.08 Å². The van der Waals surface area contributed by atoms with Crippen molar-refractivity contribution >= 4 is 11.9 Å². The zero-order chi connectivity index (χ0) is 44.5. The summed E-state index contributed by atoms with van der Waals surface area (Å²) in [5.74, 6) is -0.648. The Morgan fingerprint density at radius 3 is 1.38 bits per heavy atom. The van der Waals surface area contributed by atoms with Crippen molar-refractivity contribution in [3.63, 3.8) is 0 Å². The SMILES string of the molecule is CC/C=C/C/C=C/C/C=C/C/C=C/C/C=C/C(CC(=O)NC(CO)C(O)CCCCCCCCCCCCCCCC)OC(=O)CCCCC/C=C\CCCCCCCCC.